The maximum Gasteiger partial charge on any atom is 0.310 e. The van der Waals surface area contributed by atoms with Gasteiger partial charge in [-0.05, 0) is 34.4 Å². The first kappa shape index (κ1) is 23.0. The minimum Gasteiger partial charge on any atom is -0.496 e. The second-order valence-electron chi connectivity index (χ2n) is 9.16. The van der Waals surface area contributed by atoms with Crippen molar-refractivity contribution in [2.24, 2.45) is 11.8 Å². The van der Waals surface area contributed by atoms with E-state index in [0.717, 1.165) is 0 Å². The number of aliphatic carboxylic acids is 1. The number of fused-ring (bicyclic) bond motifs is 1. The summed E-state index contributed by atoms with van der Waals surface area (Å²) in [6, 6.07) is 22.7. The topological polar surface area (TPSA) is 82.1 Å². The van der Waals surface area contributed by atoms with E-state index in [1.54, 1.807) is 26.4 Å². The fraction of sp³-hybridized carbons (Fsp3) is 0.310. The molecule has 0 aromatic heterocycles. The number of carbonyl (C=O) groups excluding carboxylic acids is 1. The van der Waals surface area contributed by atoms with Crippen LogP contribution in [-0.4, -0.2) is 37.4 Å². The fourth-order valence-corrected chi connectivity index (χ4v) is 5.85. The lowest BCUT2D eigenvalue weighted by Gasteiger charge is -2.49. The number of carbonyl (C=O) groups is 2. The molecule has 0 amide bonds. The van der Waals surface area contributed by atoms with Crippen LogP contribution in [0.3, 0.4) is 0 Å². The molecular weight excluding hydrogens is 444 g/mol. The number of hydrogen-bond acceptors (Lipinski definition) is 5. The molecule has 3 aromatic rings. The number of carboxylic acids is 1. The molecule has 0 bridgehead atoms. The lowest BCUT2D eigenvalue weighted by atomic mass is 9.52. The van der Waals surface area contributed by atoms with Gasteiger partial charge < -0.3 is 19.3 Å². The second kappa shape index (κ2) is 9.45. The van der Waals surface area contributed by atoms with E-state index in [4.69, 9.17) is 14.2 Å². The third-order valence-corrected chi connectivity index (χ3v) is 7.40. The van der Waals surface area contributed by atoms with E-state index in [1.165, 1.54) is 11.1 Å². The highest BCUT2D eigenvalue weighted by Gasteiger charge is 2.60. The number of rotatable bonds is 7. The summed E-state index contributed by atoms with van der Waals surface area (Å²) in [7, 11) is 3.10. The van der Waals surface area contributed by atoms with Crippen molar-refractivity contribution in [3.8, 4) is 11.5 Å². The van der Waals surface area contributed by atoms with Crippen LogP contribution in [0.25, 0.3) is 0 Å². The van der Waals surface area contributed by atoms with E-state index in [1.807, 2.05) is 48.5 Å². The maximum atomic E-state index is 13.8. The quantitative estimate of drug-likeness (QED) is 0.506. The van der Waals surface area contributed by atoms with E-state index in [9.17, 15) is 14.7 Å². The van der Waals surface area contributed by atoms with Crippen molar-refractivity contribution in [3.05, 3.63) is 95.1 Å². The van der Waals surface area contributed by atoms with E-state index in [0.29, 0.717) is 35.5 Å². The summed E-state index contributed by atoms with van der Waals surface area (Å²) in [5.41, 5.74) is 3.77. The third kappa shape index (κ3) is 4.03. The predicted octanol–water partition coefficient (Wildman–Crippen LogP) is 4.61. The summed E-state index contributed by atoms with van der Waals surface area (Å²) in [5, 5.41) is 10.3. The number of benzene rings is 3. The Morgan fingerprint density at radius 2 is 1.17 bits per heavy atom. The normalized spacial score (nSPS) is 23.1. The molecule has 6 nitrogen and oxygen atoms in total. The standard InChI is InChI=1S/C29H28O6/c1-33-22-13-7-5-11-20(22)24-26(28(30)31)25(21-12-6-8-14-23(21)34-2)27(24)29(32)35-19-15-17-9-3-4-10-18(17)16-19/h3-14,19,24-27H,15-16H2,1-2H3,(H,30,31)/t24-,25-,26?,27?/m0/s1. The van der Waals surface area contributed by atoms with Crippen LogP contribution in [0.5, 0.6) is 11.5 Å². The van der Waals surface area contributed by atoms with Gasteiger partial charge in [-0.2, -0.15) is 0 Å². The van der Waals surface area contributed by atoms with Crippen LogP contribution >= 0.6 is 0 Å². The molecule has 1 N–H and O–H groups in total. The molecule has 3 aromatic carbocycles. The summed E-state index contributed by atoms with van der Waals surface area (Å²) in [6.45, 7) is 0. The smallest absolute Gasteiger partial charge is 0.310 e. The van der Waals surface area contributed by atoms with Crippen molar-refractivity contribution in [2.45, 2.75) is 30.8 Å². The molecule has 6 heteroatoms. The van der Waals surface area contributed by atoms with Crippen molar-refractivity contribution < 1.29 is 28.9 Å². The van der Waals surface area contributed by atoms with Gasteiger partial charge in [0.1, 0.15) is 17.6 Å². The van der Waals surface area contributed by atoms with Crippen molar-refractivity contribution in [2.75, 3.05) is 14.2 Å². The summed E-state index contributed by atoms with van der Waals surface area (Å²) in [6.07, 6.45) is 1.06. The van der Waals surface area contributed by atoms with Crippen LogP contribution in [-0.2, 0) is 27.2 Å². The third-order valence-electron chi connectivity index (χ3n) is 7.40. The first-order valence-electron chi connectivity index (χ1n) is 11.8. The van der Waals surface area contributed by atoms with Gasteiger partial charge in [0.05, 0.1) is 26.1 Å². The highest BCUT2D eigenvalue weighted by atomic mass is 16.5. The molecule has 180 valence electrons. The van der Waals surface area contributed by atoms with Gasteiger partial charge in [-0.3, -0.25) is 9.59 Å². The molecule has 0 heterocycles. The minimum atomic E-state index is -0.964. The van der Waals surface area contributed by atoms with E-state index < -0.39 is 29.6 Å². The number of hydrogen-bond donors (Lipinski definition) is 1. The minimum absolute atomic E-state index is 0.264. The molecule has 35 heavy (non-hydrogen) atoms. The average Bonchev–Trinajstić information content (AvgIpc) is 3.26. The van der Waals surface area contributed by atoms with Gasteiger partial charge >= 0.3 is 11.9 Å². The van der Waals surface area contributed by atoms with Crippen LogP contribution in [0.15, 0.2) is 72.8 Å². The monoisotopic (exact) mass is 472 g/mol. The fourth-order valence-electron chi connectivity index (χ4n) is 5.85. The SMILES string of the molecule is COc1ccccc1[C@H]1C(C(=O)O)[C@H](c2ccccc2OC)C1C(=O)OC1Cc2ccccc2C1. The Hall–Kier alpha value is -3.80. The molecular formula is C29H28O6. The Morgan fingerprint density at radius 3 is 1.63 bits per heavy atom. The summed E-state index contributed by atoms with van der Waals surface area (Å²) in [4.78, 5) is 26.3. The molecule has 0 spiro atoms. The van der Waals surface area contributed by atoms with Gasteiger partial charge in [-0.1, -0.05) is 60.7 Å². The molecule has 1 saturated carbocycles. The average molecular weight is 473 g/mol. The molecule has 0 aliphatic heterocycles. The Labute approximate surface area is 204 Å². The van der Waals surface area contributed by atoms with Crippen LogP contribution in [0.4, 0.5) is 0 Å². The van der Waals surface area contributed by atoms with E-state index in [-0.39, 0.29) is 12.1 Å². The van der Waals surface area contributed by atoms with Gasteiger partial charge in [0.15, 0.2) is 0 Å². The molecule has 2 aliphatic carbocycles. The summed E-state index contributed by atoms with van der Waals surface area (Å²) < 4.78 is 17.2. The van der Waals surface area contributed by atoms with E-state index >= 15 is 0 Å². The highest BCUT2D eigenvalue weighted by molar-refractivity contribution is 5.85. The zero-order valence-electron chi connectivity index (χ0n) is 19.7. The first-order valence-corrected chi connectivity index (χ1v) is 11.8. The van der Waals surface area contributed by atoms with Crippen molar-refractivity contribution in [1.29, 1.82) is 0 Å². The van der Waals surface area contributed by atoms with Gasteiger partial charge in [-0.25, -0.2) is 0 Å². The van der Waals surface area contributed by atoms with Crippen molar-refractivity contribution in [1.82, 2.24) is 0 Å². The lowest BCUT2D eigenvalue weighted by molar-refractivity contribution is -0.167. The second-order valence-corrected chi connectivity index (χ2v) is 9.16. The number of esters is 1. The largest absolute Gasteiger partial charge is 0.496 e. The highest BCUT2D eigenvalue weighted by Crippen LogP contribution is 2.60. The zero-order valence-corrected chi connectivity index (χ0v) is 19.7. The van der Waals surface area contributed by atoms with Crippen LogP contribution < -0.4 is 9.47 Å². The molecule has 5 rings (SSSR count). The Kier molecular flexibility index (Phi) is 6.20. The lowest BCUT2D eigenvalue weighted by Crippen LogP contribution is -2.52. The number of methoxy groups -OCH3 is 2. The number of para-hydroxylation sites is 2. The number of carboxylic acid groups (broad SMARTS) is 1. The zero-order chi connectivity index (χ0) is 24.5. The predicted molar refractivity (Wildman–Crippen MR) is 130 cm³/mol. The van der Waals surface area contributed by atoms with Crippen molar-refractivity contribution in [3.63, 3.8) is 0 Å². The van der Waals surface area contributed by atoms with Gasteiger partial charge in [-0.15, -0.1) is 0 Å². The van der Waals surface area contributed by atoms with Gasteiger partial charge in [0, 0.05) is 24.7 Å². The molecule has 2 aliphatic rings. The summed E-state index contributed by atoms with van der Waals surface area (Å²) >= 11 is 0. The Morgan fingerprint density at radius 1 is 0.714 bits per heavy atom. The first-order chi connectivity index (χ1) is 17.0. The van der Waals surface area contributed by atoms with Crippen LogP contribution in [0.2, 0.25) is 0 Å². The van der Waals surface area contributed by atoms with Crippen LogP contribution in [0, 0.1) is 11.8 Å². The Balaban J connectivity index is 1.53. The number of ether oxygens (including phenoxy) is 3. The molecule has 1 fully saturated rings. The molecule has 0 radical (unpaired) electrons. The van der Waals surface area contributed by atoms with Gasteiger partial charge in [0.25, 0.3) is 0 Å². The van der Waals surface area contributed by atoms with Crippen molar-refractivity contribution >= 4 is 11.9 Å². The van der Waals surface area contributed by atoms with Crippen LogP contribution in [0.1, 0.15) is 34.1 Å². The van der Waals surface area contributed by atoms with E-state index in [2.05, 4.69) is 12.1 Å². The molecule has 2 atom stereocenters. The Bertz CT molecular complexity index is 1170. The van der Waals surface area contributed by atoms with Gasteiger partial charge in [0.2, 0.25) is 0 Å². The molecule has 0 unspecified atom stereocenters. The maximum absolute atomic E-state index is 13.8. The molecule has 0 saturated heterocycles. The summed E-state index contributed by atoms with van der Waals surface area (Å²) in [5.74, 6) is -2.92.